The highest BCUT2D eigenvalue weighted by atomic mass is 79.9. The topological polar surface area (TPSA) is 44.5 Å². The SMILES string of the molecule is Nc1cc(F)c(OC(F)F)cc1Oc1ccc(F)c(Br)c1. The van der Waals surface area contributed by atoms with E-state index in [1.165, 1.54) is 12.1 Å². The molecule has 0 fully saturated rings. The van der Waals surface area contributed by atoms with Crippen LogP contribution >= 0.6 is 15.9 Å². The summed E-state index contributed by atoms with van der Waals surface area (Å²) in [6.45, 7) is -3.18. The molecule has 0 bridgehead atoms. The third kappa shape index (κ3) is 3.78. The number of hydrogen-bond acceptors (Lipinski definition) is 3. The van der Waals surface area contributed by atoms with Crippen LogP contribution in [0.5, 0.6) is 17.2 Å². The Hall–Kier alpha value is -1.96. The molecule has 2 rings (SSSR count). The van der Waals surface area contributed by atoms with Gasteiger partial charge < -0.3 is 15.2 Å². The van der Waals surface area contributed by atoms with Crippen LogP contribution < -0.4 is 15.2 Å². The fraction of sp³-hybridized carbons (Fsp3) is 0.0769. The molecule has 21 heavy (non-hydrogen) atoms. The third-order valence-corrected chi connectivity index (χ3v) is 3.01. The molecule has 2 N–H and O–H groups in total. The van der Waals surface area contributed by atoms with E-state index in [-0.39, 0.29) is 21.7 Å². The Morgan fingerprint density at radius 2 is 1.71 bits per heavy atom. The standard InChI is InChI=1S/C13H8BrF4NO2/c14-7-3-6(1-2-8(7)15)20-12-5-11(21-13(17)18)9(16)4-10(12)19/h1-5,13H,19H2. The van der Waals surface area contributed by atoms with Gasteiger partial charge in [-0.15, -0.1) is 0 Å². The molecule has 2 aromatic rings. The van der Waals surface area contributed by atoms with Gasteiger partial charge in [-0.2, -0.15) is 8.78 Å². The summed E-state index contributed by atoms with van der Waals surface area (Å²) in [5.41, 5.74) is 5.43. The summed E-state index contributed by atoms with van der Waals surface area (Å²) in [6.07, 6.45) is 0. The second-order valence-corrected chi connectivity index (χ2v) is 4.73. The van der Waals surface area contributed by atoms with Gasteiger partial charge in [0.25, 0.3) is 0 Å². The van der Waals surface area contributed by atoms with Crippen LogP contribution in [0.3, 0.4) is 0 Å². The molecule has 0 aromatic heterocycles. The first-order chi connectivity index (χ1) is 9.86. The van der Waals surface area contributed by atoms with Crippen molar-refractivity contribution in [2.75, 3.05) is 5.73 Å². The number of ether oxygens (including phenoxy) is 2. The average Bonchev–Trinajstić information content (AvgIpc) is 2.39. The van der Waals surface area contributed by atoms with E-state index in [0.29, 0.717) is 0 Å². The Morgan fingerprint density at radius 3 is 2.33 bits per heavy atom. The zero-order valence-corrected chi connectivity index (χ0v) is 11.8. The van der Waals surface area contributed by atoms with Crippen LogP contribution in [0.2, 0.25) is 0 Å². The summed E-state index contributed by atoms with van der Waals surface area (Å²) < 4.78 is 60.2. The summed E-state index contributed by atoms with van der Waals surface area (Å²) in [4.78, 5) is 0. The molecule has 0 radical (unpaired) electrons. The lowest BCUT2D eigenvalue weighted by Gasteiger charge is -2.12. The maximum Gasteiger partial charge on any atom is 0.387 e. The first-order valence-electron chi connectivity index (χ1n) is 5.53. The molecule has 0 spiro atoms. The third-order valence-electron chi connectivity index (χ3n) is 2.40. The highest BCUT2D eigenvalue weighted by molar-refractivity contribution is 9.10. The van der Waals surface area contributed by atoms with Gasteiger partial charge in [0, 0.05) is 12.1 Å². The Balaban J connectivity index is 2.32. The van der Waals surface area contributed by atoms with Crippen molar-refractivity contribution in [2.45, 2.75) is 6.61 Å². The number of benzene rings is 2. The first-order valence-corrected chi connectivity index (χ1v) is 6.33. The normalized spacial score (nSPS) is 10.8. The van der Waals surface area contributed by atoms with E-state index in [9.17, 15) is 17.6 Å². The first kappa shape index (κ1) is 15.4. The molecular weight excluding hydrogens is 358 g/mol. The van der Waals surface area contributed by atoms with Gasteiger partial charge in [0.15, 0.2) is 17.3 Å². The van der Waals surface area contributed by atoms with Crippen LogP contribution in [-0.4, -0.2) is 6.61 Å². The second kappa shape index (κ2) is 6.21. The zero-order valence-electron chi connectivity index (χ0n) is 10.2. The van der Waals surface area contributed by atoms with Crippen LogP contribution in [-0.2, 0) is 0 Å². The molecule has 0 aliphatic carbocycles. The number of anilines is 1. The predicted molar refractivity (Wildman–Crippen MR) is 71.6 cm³/mol. The second-order valence-electron chi connectivity index (χ2n) is 3.88. The highest BCUT2D eigenvalue weighted by Crippen LogP contribution is 2.35. The molecule has 0 heterocycles. The van der Waals surface area contributed by atoms with Crippen molar-refractivity contribution in [1.82, 2.24) is 0 Å². The van der Waals surface area contributed by atoms with Crippen molar-refractivity contribution < 1.29 is 27.0 Å². The van der Waals surface area contributed by atoms with Gasteiger partial charge in [0.1, 0.15) is 11.6 Å². The molecule has 0 amide bonds. The molecule has 2 aromatic carbocycles. The quantitative estimate of drug-likeness (QED) is 0.630. The smallest absolute Gasteiger partial charge is 0.387 e. The number of alkyl halides is 2. The van der Waals surface area contributed by atoms with Gasteiger partial charge in [-0.05, 0) is 34.1 Å². The Morgan fingerprint density at radius 1 is 1.00 bits per heavy atom. The Kier molecular flexibility index (Phi) is 4.56. The van der Waals surface area contributed by atoms with E-state index in [1.54, 1.807) is 0 Å². The zero-order chi connectivity index (χ0) is 15.6. The van der Waals surface area contributed by atoms with E-state index in [2.05, 4.69) is 20.7 Å². The van der Waals surface area contributed by atoms with E-state index < -0.39 is 24.0 Å². The minimum absolute atomic E-state index is 0.0921. The maximum atomic E-state index is 13.4. The van der Waals surface area contributed by atoms with E-state index in [1.807, 2.05) is 0 Å². The van der Waals surface area contributed by atoms with Gasteiger partial charge in [0.2, 0.25) is 0 Å². The van der Waals surface area contributed by atoms with E-state index in [0.717, 1.165) is 18.2 Å². The molecule has 0 aliphatic heterocycles. The van der Waals surface area contributed by atoms with Gasteiger partial charge >= 0.3 is 6.61 Å². The average molecular weight is 366 g/mol. The summed E-state index contributed by atoms with van der Waals surface area (Å²) in [5.74, 6) is -2.15. The fourth-order valence-electron chi connectivity index (χ4n) is 1.49. The molecule has 3 nitrogen and oxygen atoms in total. The molecular formula is C13H8BrF4NO2. The Labute approximate surface area is 125 Å². The van der Waals surface area contributed by atoms with Gasteiger partial charge in [-0.3, -0.25) is 0 Å². The minimum Gasteiger partial charge on any atom is -0.455 e. The predicted octanol–water partition coefficient (Wildman–Crippen LogP) is 4.70. The van der Waals surface area contributed by atoms with E-state index in [4.69, 9.17) is 10.5 Å². The molecule has 8 heteroatoms. The van der Waals surface area contributed by atoms with Gasteiger partial charge in [0.05, 0.1) is 10.2 Å². The lowest BCUT2D eigenvalue weighted by atomic mass is 10.2. The van der Waals surface area contributed by atoms with Crippen molar-refractivity contribution in [1.29, 1.82) is 0 Å². The van der Waals surface area contributed by atoms with Gasteiger partial charge in [-0.1, -0.05) is 0 Å². The van der Waals surface area contributed by atoms with Crippen molar-refractivity contribution in [3.63, 3.8) is 0 Å². The van der Waals surface area contributed by atoms with Crippen LogP contribution in [0.4, 0.5) is 23.2 Å². The van der Waals surface area contributed by atoms with Crippen molar-refractivity contribution in [3.05, 3.63) is 46.4 Å². The van der Waals surface area contributed by atoms with Crippen molar-refractivity contribution >= 4 is 21.6 Å². The maximum absolute atomic E-state index is 13.4. The molecule has 0 saturated heterocycles. The monoisotopic (exact) mass is 365 g/mol. The van der Waals surface area contributed by atoms with Crippen molar-refractivity contribution in [2.24, 2.45) is 0 Å². The fourth-order valence-corrected chi connectivity index (χ4v) is 1.85. The van der Waals surface area contributed by atoms with Crippen LogP contribution in [0.1, 0.15) is 0 Å². The van der Waals surface area contributed by atoms with Crippen LogP contribution in [0.15, 0.2) is 34.8 Å². The number of nitrogen functional groups attached to an aromatic ring is 1. The van der Waals surface area contributed by atoms with E-state index >= 15 is 0 Å². The number of rotatable bonds is 4. The molecule has 0 atom stereocenters. The van der Waals surface area contributed by atoms with Crippen LogP contribution in [0.25, 0.3) is 0 Å². The lowest BCUT2D eigenvalue weighted by molar-refractivity contribution is -0.0522. The summed E-state index contributed by atoms with van der Waals surface area (Å²) in [5, 5.41) is 0. The Bertz CT molecular complexity index is 667. The molecule has 112 valence electrons. The number of halogens is 5. The minimum atomic E-state index is -3.18. The number of hydrogen-bond donors (Lipinski definition) is 1. The van der Waals surface area contributed by atoms with Gasteiger partial charge in [-0.25, -0.2) is 8.78 Å². The lowest BCUT2D eigenvalue weighted by Crippen LogP contribution is -2.05. The molecule has 0 unspecified atom stereocenters. The highest BCUT2D eigenvalue weighted by Gasteiger charge is 2.15. The summed E-state index contributed by atoms with van der Waals surface area (Å²) in [7, 11) is 0. The molecule has 0 aliphatic rings. The van der Waals surface area contributed by atoms with Crippen LogP contribution in [0, 0.1) is 11.6 Å². The summed E-state index contributed by atoms with van der Waals surface area (Å²) in [6, 6.07) is 5.44. The van der Waals surface area contributed by atoms with Crippen molar-refractivity contribution in [3.8, 4) is 17.2 Å². The summed E-state index contributed by atoms with van der Waals surface area (Å²) >= 11 is 2.97. The molecule has 0 saturated carbocycles. The largest absolute Gasteiger partial charge is 0.455 e. The number of nitrogens with two attached hydrogens (primary N) is 1.